The topological polar surface area (TPSA) is 20.2 Å². The van der Waals surface area contributed by atoms with Crippen molar-refractivity contribution in [2.75, 3.05) is 0 Å². The highest BCUT2D eigenvalue weighted by atomic mass is 35.5. The molecule has 0 saturated heterocycles. The molecule has 0 amide bonds. The van der Waals surface area contributed by atoms with Gasteiger partial charge in [0.15, 0.2) is 0 Å². The van der Waals surface area contributed by atoms with E-state index >= 15 is 0 Å². The third kappa shape index (κ3) is 1.45. The second-order valence-electron chi connectivity index (χ2n) is 1.81. The van der Waals surface area contributed by atoms with Crippen molar-refractivity contribution in [3.05, 3.63) is 21.3 Å². The number of hydrogen-bond acceptors (Lipinski definition) is 2. The van der Waals surface area contributed by atoms with Gasteiger partial charge in [-0.2, -0.15) is 0 Å². The third-order valence-electron chi connectivity index (χ3n) is 1.02. The summed E-state index contributed by atoms with van der Waals surface area (Å²) in [4.78, 5) is 0.844. The Balaban J connectivity index is 2.94. The van der Waals surface area contributed by atoms with Crippen LogP contribution in [-0.4, -0.2) is 5.11 Å². The largest absolute Gasteiger partial charge is 0.388 e. The smallest absolute Gasteiger partial charge is 0.0868 e. The molecule has 0 aromatic carbocycles. The van der Waals surface area contributed by atoms with Crippen molar-refractivity contribution in [3.63, 3.8) is 0 Å². The number of rotatable bonds is 1. The van der Waals surface area contributed by atoms with Crippen LogP contribution in [0.2, 0.25) is 5.02 Å². The summed E-state index contributed by atoms with van der Waals surface area (Å²) in [5.74, 6) is 0. The van der Waals surface area contributed by atoms with Crippen molar-refractivity contribution in [3.8, 4) is 0 Å². The first-order valence-corrected chi connectivity index (χ1v) is 3.88. The highest BCUT2D eigenvalue weighted by Crippen LogP contribution is 2.27. The first kappa shape index (κ1) is 7.06. The zero-order valence-electron chi connectivity index (χ0n) is 4.97. The fraction of sp³-hybridized carbons (Fsp3) is 0.333. The van der Waals surface area contributed by atoms with E-state index in [2.05, 4.69) is 0 Å². The molecule has 0 bridgehead atoms. The van der Waals surface area contributed by atoms with Gasteiger partial charge >= 0.3 is 0 Å². The van der Waals surface area contributed by atoms with Gasteiger partial charge in [-0.05, 0) is 18.4 Å². The third-order valence-corrected chi connectivity index (χ3v) is 2.55. The lowest BCUT2D eigenvalue weighted by molar-refractivity contribution is 0.203. The van der Waals surface area contributed by atoms with E-state index in [0.29, 0.717) is 5.02 Å². The van der Waals surface area contributed by atoms with E-state index in [1.54, 1.807) is 13.0 Å². The Labute approximate surface area is 62.9 Å². The minimum absolute atomic E-state index is 0.433. The SMILES string of the molecule is CC(O)c1sccc1Cl. The number of aliphatic hydroxyl groups excluding tert-OH is 1. The monoisotopic (exact) mass is 162 g/mol. The van der Waals surface area contributed by atoms with Gasteiger partial charge in [-0.15, -0.1) is 11.3 Å². The summed E-state index contributed by atoms with van der Waals surface area (Å²) in [5.41, 5.74) is 0. The molecule has 1 rings (SSSR count). The second kappa shape index (κ2) is 2.69. The summed E-state index contributed by atoms with van der Waals surface area (Å²) in [7, 11) is 0. The molecule has 1 atom stereocenters. The van der Waals surface area contributed by atoms with Gasteiger partial charge in [-0.25, -0.2) is 0 Å². The van der Waals surface area contributed by atoms with Gasteiger partial charge in [0, 0.05) is 0 Å². The summed E-state index contributed by atoms with van der Waals surface area (Å²) >= 11 is 7.16. The minimum atomic E-state index is -0.433. The molecule has 50 valence electrons. The van der Waals surface area contributed by atoms with Crippen LogP contribution < -0.4 is 0 Å². The summed E-state index contributed by atoms with van der Waals surface area (Å²) in [6.45, 7) is 1.71. The Bertz CT molecular complexity index is 195. The lowest BCUT2D eigenvalue weighted by Crippen LogP contribution is -1.84. The zero-order valence-corrected chi connectivity index (χ0v) is 6.54. The van der Waals surface area contributed by atoms with Crippen LogP contribution in [0.1, 0.15) is 17.9 Å². The summed E-state index contributed by atoms with van der Waals surface area (Å²) < 4.78 is 0. The average Bonchev–Trinajstić information content (AvgIpc) is 2.13. The van der Waals surface area contributed by atoms with E-state index in [1.165, 1.54) is 11.3 Å². The first-order chi connectivity index (χ1) is 4.22. The lowest BCUT2D eigenvalue weighted by atomic mass is 10.3. The van der Waals surface area contributed by atoms with E-state index in [0.717, 1.165) is 4.88 Å². The molecule has 3 heteroatoms. The van der Waals surface area contributed by atoms with E-state index in [1.807, 2.05) is 5.38 Å². The molecular weight excluding hydrogens is 156 g/mol. The average molecular weight is 163 g/mol. The van der Waals surface area contributed by atoms with Crippen LogP contribution in [0.15, 0.2) is 11.4 Å². The summed E-state index contributed by atoms with van der Waals surface area (Å²) in [5, 5.41) is 11.5. The van der Waals surface area contributed by atoms with Gasteiger partial charge < -0.3 is 5.11 Å². The summed E-state index contributed by atoms with van der Waals surface area (Å²) in [6.07, 6.45) is -0.433. The van der Waals surface area contributed by atoms with Gasteiger partial charge in [0.1, 0.15) is 0 Å². The van der Waals surface area contributed by atoms with Crippen molar-refractivity contribution < 1.29 is 5.11 Å². The number of thiophene rings is 1. The van der Waals surface area contributed by atoms with Crippen molar-refractivity contribution in [2.24, 2.45) is 0 Å². The molecule has 9 heavy (non-hydrogen) atoms. The molecule has 0 fully saturated rings. The van der Waals surface area contributed by atoms with Crippen molar-refractivity contribution >= 4 is 22.9 Å². The number of halogens is 1. The van der Waals surface area contributed by atoms with Crippen molar-refractivity contribution in [1.29, 1.82) is 0 Å². The van der Waals surface area contributed by atoms with Crippen molar-refractivity contribution in [2.45, 2.75) is 13.0 Å². The number of hydrogen-bond donors (Lipinski definition) is 1. The molecule has 1 heterocycles. The van der Waals surface area contributed by atoms with Crippen LogP contribution in [-0.2, 0) is 0 Å². The molecule has 0 spiro atoms. The Morgan fingerprint density at radius 2 is 2.44 bits per heavy atom. The number of aliphatic hydroxyl groups is 1. The molecular formula is C6H7ClOS. The van der Waals surface area contributed by atoms with Crippen LogP contribution >= 0.6 is 22.9 Å². The Kier molecular flexibility index (Phi) is 2.11. The first-order valence-electron chi connectivity index (χ1n) is 2.63. The standard InChI is InChI=1S/C6H7ClOS/c1-4(8)6-5(7)2-3-9-6/h2-4,8H,1H3. The predicted molar refractivity (Wildman–Crippen MR) is 40.0 cm³/mol. The fourth-order valence-electron chi connectivity index (χ4n) is 0.604. The maximum Gasteiger partial charge on any atom is 0.0868 e. The molecule has 0 aliphatic rings. The van der Waals surface area contributed by atoms with Crippen molar-refractivity contribution in [1.82, 2.24) is 0 Å². The Hall–Kier alpha value is -0.0500. The van der Waals surface area contributed by atoms with Crippen LogP contribution in [0, 0.1) is 0 Å². The highest BCUT2D eigenvalue weighted by molar-refractivity contribution is 7.10. The Morgan fingerprint density at radius 1 is 1.78 bits per heavy atom. The molecule has 1 aromatic rings. The minimum Gasteiger partial charge on any atom is -0.388 e. The highest BCUT2D eigenvalue weighted by Gasteiger charge is 2.05. The van der Waals surface area contributed by atoms with E-state index < -0.39 is 6.10 Å². The quantitative estimate of drug-likeness (QED) is 0.673. The fourth-order valence-corrected chi connectivity index (χ4v) is 1.76. The molecule has 1 aromatic heterocycles. The molecule has 0 aliphatic heterocycles. The molecule has 0 saturated carbocycles. The van der Waals surface area contributed by atoms with Gasteiger partial charge in [-0.3, -0.25) is 0 Å². The molecule has 0 radical (unpaired) electrons. The van der Waals surface area contributed by atoms with Crippen LogP contribution in [0.5, 0.6) is 0 Å². The molecule has 1 nitrogen and oxygen atoms in total. The van der Waals surface area contributed by atoms with Gasteiger partial charge in [0.2, 0.25) is 0 Å². The van der Waals surface area contributed by atoms with Crippen LogP contribution in [0.25, 0.3) is 0 Å². The normalized spacial score (nSPS) is 13.7. The predicted octanol–water partition coefficient (Wildman–Crippen LogP) is 2.45. The molecule has 1 unspecified atom stereocenters. The van der Waals surface area contributed by atoms with Gasteiger partial charge in [-0.1, -0.05) is 11.6 Å². The molecule has 0 aliphatic carbocycles. The van der Waals surface area contributed by atoms with Gasteiger partial charge in [0.05, 0.1) is 16.0 Å². The second-order valence-corrected chi connectivity index (χ2v) is 3.16. The zero-order chi connectivity index (χ0) is 6.85. The Morgan fingerprint density at radius 3 is 2.67 bits per heavy atom. The lowest BCUT2D eigenvalue weighted by Gasteiger charge is -1.98. The maximum atomic E-state index is 9.02. The molecule has 1 N–H and O–H groups in total. The van der Waals surface area contributed by atoms with E-state index in [-0.39, 0.29) is 0 Å². The van der Waals surface area contributed by atoms with Crippen LogP contribution in [0.3, 0.4) is 0 Å². The van der Waals surface area contributed by atoms with E-state index in [4.69, 9.17) is 16.7 Å². The van der Waals surface area contributed by atoms with E-state index in [9.17, 15) is 0 Å². The summed E-state index contributed by atoms with van der Waals surface area (Å²) in [6, 6.07) is 1.79. The van der Waals surface area contributed by atoms with Gasteiger partial charge in [0.25, 0.3) is 0 Å². The van der Waals surface area contributed by atoms with Crippen LogP contribution in [0.4, 0.5) is 0 Å². The maximum absolute atomic E-state index is 9.02.